The molecule has 0 radical (unpaired) electrons. The summed E-state index contributed by atoms with van der Waals surface area (Å²) in [6, 6.07) is 13.7. The molecule has 9 heteroatoms. The topological polar surface area (TPSA) is 72.7 Å². The van der Waals surface area contributed by atoms with Gasteiger partial charge in [-0.2, -0.15) is 0 Å². The van der Waals surface area contributed by atoms with Gasteiger partial charge in [-0.05, 0) is 23.9 Å². The Kier molecular flexibility index (Phi) is 6.38. The average Bonchev–Trinajstić information content (AvgIpc) is 3.52. The van der Waals surface area contributed by atoms with Gasteiger partial charge >= 0.3 is 0 Å². The summed E-state index contributed by atoms with van der Waals surface area (Å²) < 4.78 is 2.04. The van der Waals surface area contributed by atoms with Crippen LogP contribution in [0.2, 0.25) is 0 Å². The van der Waals surface area contributed by atoms with E-state index in [4.69, 9.17) is 0 Å². The summed E-state index contributed by atoms with van der Waals surface area (Å²) in [6.45, 7) is 2.80. The van der Waals surface area contributed by atoms with E-state index in [0.717, 1.165) is 33.0 Å². The number of benzene rings is 1. The molecule has 1 unspecified atom stereocenters. The standard InChI is InChI=1S/C20H19N5OS3/c1-2-25-18(15-9-6-11-27-15)23-24-20(25)29-13-16(26)22-17(19-21-10-12-28-19)14-7-4-3-5-8-14/h3-12,17H,2,13H2,1H3,(H,22,26). The first-order valence-electron chi connectivity index (χ1n) is 9.10. The van der Waals surface area contributed by atoms with Crippen LogP contribution in [-0.4, -0.2) is 31.4 Å². The first-order chi connectivity index (χ1) is 14.3. The lowest BCUT2D eigenvalue weighted by atomic mass is 10.1. The predicted molar refractivity (Wildman–Crippen MR) is 118 cm³/mol. The summed E-state index contributed by atoms with van der Waals surface area (Å²) in [5.41, 5.74) is 1.01. The van der Waals surface area contributed by atoms with Gasteiger partial charge in [0.1, 0.15) is 11.0 Å². The number of thiophene rings is 1. The van der Waals surface area contributed by atoms with Gasteiger partial charge in [0.2, 0.25) is 5.91 Å². The number of hydrogen-bond donors (Lipinski definition) is 1. The molecule has 0 bridgehead atoms. The summed E-state index contributed by atoms with van der Waals surface area (Å²) in [7, 11) is 0. The maximum atomic E-state index is 12.7. The molecule has 6 nitrogen and oxygen atoms in total. The Labute approximate surface area is 181 Å². The number of hydrogen-bond acceptors (Lipinski definition) is 7. The minimum Gasteiger partial charge on any atom is -0.342 e. The van der Waals surface area contributed by atoms with E-state index >= 15 is 0 Å². The van der Waals surface area contributed by atoms with E-state index in [2.05, 4.69) is 27.4 Å². The number of rotatable bonds is 8. The number of carbonyl (C=O) groups excluding carboxylic acids is 1. The first-order valence-corrected chi connectivity index (χ1v) is 11.8. The number of nitrogens with zero attached hydrogens (tertiary/aromatic N) is 4. The first kappa shape index (κ1) is 19.8. The Morgan fingerprint density at radius 1 is 1.14 bits per heavy atom. The number of aromatic nitrogens is 4. The summed E-state index contributed by atoms with van der Waals surface area (Å²) in [6.07, 6.45) is 1.76. The lowest BCUT2D eigenvalue weighted by molar-refractivity contribution is -0.119. The normalized spacial score (nSPS) is 12.0. The molecule has 1 N–H and O–H groups in total. The minimum atomic E-state index is -0.255. The molecule has 148 valence electrons. The van der Waals surface area contributed by atoms with Gasteiger partial charge in [-0.3, -0.25) is 4.79 Å². The summed E-state index contributed by atoms with van der Waals surface area (Å²) >= 11 is 4.56. The fraction of sp³-hybridized carbons (Fsp3) is 0.200. The molecule has 0 fully saturated rings. The number of nitrogens with one attached hydrogen (secondary N) is 1. The maximum absolute atomic E-state index is 12.7. The minimum absolute atomic E-state index is 0.0672. The fourth-order valence-corrected chi connectivity index (χ4v) is 5.16. The van der Waals surface area contributed by atoms with Gasteiger partial charge in [0.15, 0.2) is 11.0 Å². The summed E-state index contributed by atoms with van der Waals surface area (Å²) in [4.78, 5) is 18.2. The number of amides is 1. The van der Waals surface area contributed by atoms with E-state index < -0.39 is 0 Å². The molecule has 0 spiro atoms. The molecule has 3 heterocycles. The van der Waals surface area contributed by atoms with Crippen molar-refractivity contribution >= 4 is 40.3 Å². The van der Waals surface area contributed by atoms with Gasteiger partial charge in [0.25, 0.3) is 0 Å². The molecule has 1 aromatic carbocycles. The molecule has 1 amide bonds. The van der Waals surface area contributed by atoms with Crippen LogP contribution in [-0.2, 0) is 11.3 Å². The van der Waals surface area contributed by atoms with Crippen molar-refractivity contribution < 1.29 is 4.79 Å². The van der Waals surface area contributed by atoms with E-state index in [1.165, 1.54) is 23.1 Å². The van der Waals surface area contributed by atoms with Crippen LogP contribution >= 0.6 is 34.4 Å². The monoisotopic (exact) mass is 441 g/mol. The Morgan fingerprint density at radius 3 is 2.69 bits per heavy atom. The van der Waals surface area contributed by atoms with Crippen molar-refractivity contribution in [2.45, 2.75) is 24.7 Å². The zero-order chi connectivity index (χ0) is 20.1. The zero-order valence-corrected chi connectivity index (χ0v) is 18.1. The van der Waals surface area contributed by atoms with Crippen molar-refractivity contribution in [2.24, 2.45) is 0 Å². The highest BCUT2D eigenvalue weighted by Gasteiger charge is 2.20. The molecule has 0 saturated heterocycles. The van der Waals surface area contributed by atoms with Gasteiger partial charge in [-0.25, -0.2) is 4.98 Å². The third-order valence-corrected chi connectivity index (χ3v) is 6.92. The quantitative estimate of drug-likeness (QED) is 0.408. The van der Waals surface area contributed by atoms with Gasteiger partial charge in [-0.15, -0.1) is 32.9 Å². The Hall–Kier alpha value is -2.49. The van der Waals surface area contributed by atoms with Crippen LogP contribution in [0.5, 0.6) is 0 Å². The number of carbonyl (C=O) groups is 1. The highest BCUT2D eigenvalue weighted by Crippen LogP contribution is 2.28. The molecule has 29 heavy (non-hydrogen) atoms. The molecule has 0 aliphatic heterocycles. The summed E-state index contributed by atoms with van der Waals surface area (Å²) in [5.74, 6) is 1.04. The molecule has 4 rings (SSSR count). The second-order valence-corrected chi connectivity index (χ2v) is 8.91. The van der Waals surface area contributed by atoms with E-state index in [0.29, 0.717) is 0 Å². The second kappa shape index (κ2) is 9.34. The van der Waals surface area contributed by atoms with E-state index in [1.54, 1.807) is 17.5 Å². The molecule has 1 atom stereocenters. The van der Waals surface area contributed by atoms with Gasteiger partial charge < -0.3 is 9.88 Å². The van der Waals surface area contributed by atoms with Crippen molar-refractivity contribution in [2.75, 3.05) is 5.75 Å². The van der Waals surface area contributed by atoms with Gasteiger partial charge in [0.05, 0.1) is 10.6 Å². The molecule has 4 aromatic rings. The molecule has 0 aliphatic rings. The lowest BCUT2D eigenvalue weighted by Gasteiger charge is -2.17. The molecule has 3 aromatic heterocycles. The van der Waals surface area contributed by atoms with Crippen molar-refractivity contribution in [1.29, 1.82) is 0 Å². The van der Waals surface area contributed by atoms with Crippen LogP contribution in [0, 0.1) is 0 Å². The average molecular weight is 442 g/mol. The van der Waals surface area contributed by atoms with Crippen molar-refractivity contribution in [1.82, 2.24) is 25.1 Å². The fourth-order valence-electron chi connectivity index (χ4n) is 2.91. The van der Waals surface area contributed by atoms with Gasteiger partial charge in [-0.1, -0.05) is 48.2 Å². The molecular formula is C20H19N5OS3. The van der Waals surface area contributed by atoms with Crippen LogP contribution in [0.1, 0.15) is 23.5 Å². The predicted octanol–water partition coefficient (Wildman–Crippen LogP) is 4.48. The lowest BCUT2D eigenvalue weighted by Crippen LogP contribution is -2.30. The summed E-state index contributed by atoms with van der Waals surface area (Å²) in [5, 5.41) is 17.3. The van der Waals surface area contributed by atoms with Crippen molar-refractivity contribution in [3.05, 3.63) is 70.0 Å². The highest BCUT2D eigenvalue weighted by atomic mass is 32.2. The Balaban J connectivity index is 1.46. The van der Waals surface area contributed by atoms with Crippen LogP contribution < -0.4 is 5.32 Å². The van der Waals surface area contributed by atoms with Crippen molar-refractivity contribution in [3.63, 3.8) is 0 Å². The van der Waals surface area contributed by atoms with Crippen molar-refractivity contribution in [3.8, 4) is 10.7 Å². The SMILES string of the molecule is CCn1c(SCC(=O)NC(c2ccccc2)c2nccs2)nnc1-c1cccs1. The highest BCUT2D eigenvalue weighted by molar-refractivity contribution is 7.99. The largest absolute Gasteiger partial charge is 0.342 e. The van der Waals surface area contributed by atoms with Crippen LogP contribution in [0.3, 0.4) is 0 Å². The molecular weight excluding hydrogens is 422 g/mol. The number of thioether (sulfide) groups is 1. The molecule has 0 aliphatic carbocycles. The maximum Gasteiger partial charge on any atom is 0.231 e. The third kappa shape index (κ3) is 4.58. The van der Waals surface area contributed by atoms with Crippen LogP contribution in [0.4, 0.5) is 0 Å². The molecule has 0 saturated carbocycles. The van der Waals surface area contributed by atoms with E-state index in [1.807, 2.05) is 57.8 Å². The third-order valence-electron chi connectivity index (χ3n) is 4.24. The van der Waals surface area contributed by atoms with E-state index in [-0.39, 0.29) is 17.7 Å². The Bertz CT molecular complexity index is 1050. The second-order valence-electron chi connectivity index (χ2n) is 6.10. The van der Waals surface area contributed by atoms with Crippen LogP contribution in [0.15, 0.2) is 64.6 Å². The Morgan fingerprint density at radius 2 is 2.00 bits per heavy atom. The number of thiazole rings is 1. The smallest absolute Gasteiger partial charge is 0.231 e. The van der Waals surface area contributed by atoms with Crippen LogP contribution in [0.25, 0.3) is 10.7 Å². The zero-order valence-electron chi connectivity index (χ0n) is 15.7. The van der Waals surface area contributed by atoms with E-state index in [9.17, 15) is 4.79 Å². The van der Waals surface area contributed by atoms with Gasteiger partial charge in [0, 0.05) is 18.1 Å².